The molecular weight excluding hydrogens is 223 g/mol. The third-order valence-electron chi connectivity index (χ3n) is 2.40. The Hall–Kier alpha value is -0.330. The molecule has 0 saturated carbocycles. The zero-order valence-electron chi connectivity index (χ0n) is 9.80. The highest BCUT2D eigenvalue weighted by molar-refractivity contribution is 4.82. The zero-order valence-corrected chi connectivity index (χ0v) is 9.80. The van der Waals surface area contributed by atoms with E-state index < -0.39 is 18.8 Å². The molecule has 98 valence electrons. The van der Waals surface area contributed by atoms with Crippen molar-refractivity contribution in [2.24, 2.45) is 5.41 Å². The molecule has 0 spiro atoms. The van der Waals surface area contributed by atoms with E-state index in [2.05, 4.69) is 5.32 Å². The summed E-state index contributed by atoms with van der Waals surface area (Å²) in [4.78, 5) is 0. The first-order valence-corrected chi connectivity index (χ1v) is 5.18. The van der Waals surface area contributed by atoms with Crippen LogP contribution in [-0.2, 0) is 0 Å². The zero-order chi connectivity index (χ0) is 13.0. The van der Waals surface area contributed by atoms with Crippen LogP contribution in [0.3, 0.4) is 0 Å². The molecule has 0 aliphatic rings. The highest BCUT2D eigenvalue weighted by atomic mass is 19.4. The second kappa shape index (κ2) is 5.84. The quantitative estimate of drug-likeness (QED) is 0.682. The smallest absolute Gasteiger partial charge is 0.396 e. The van der Waals surface area contributed by atoms with Crippen LogP contribution in [0.5, 0.6) is 0 Å². The SMILES string of the molecule is CC(C)(C)C(CCO)NCC(O)C(F)(F)F. The summed E-state index contributed by atoms with van der Waals surface area (Å²) in [5.41, 5.74) is -0.270. The Labute approximate surface area is 93.7 Å². The van der Waals surface area contributed by atoms with Crippen molar-refractivity contribution in [3.8, 4) is 0 Å². The lowest BCUT2D eigenvalue weighted by Crippen LogP contribution is -2.47. The van der Waals surface area contributed by atoms with Crippen LogP contribution in [0.1, 0.15) is 27.2 Å². The largest absolute Gasteiger partial charge is 0.415 e. The molecular formula is C10H20F3NO2. The van der Waals surface area contributed by atoms with Crippen molar-refractivity contribution in [3.63, 3.8) is 0 Å². The topological polar surface area (TPSA) is 52.5 Å². The molecule has 0 saturated heterocycles. The second-order valence-corrected chi connectivity index (χ2v) is 4.90. The Bertz CT molecular complexity index is 201. The van der Waals surface area contributed by atoms with Gasteiger partial charge in [-0.05, 0) is 11.8 Å². The maximum absolute atomic E-state index is 12.0. The van der Waals surface area contributed by atoms with Gasteiger partial charge in [0, 0.05) is 19.2 Å². The number of aliphatic hydroxyl groups is 2. The Balaban J connectivity index is 4.23. The summed E-state index contributed by atoms with van der Waals surface area (Å²) >= 11 is 0. The normalized spacial score (nSPS) is 17.2. The van der Waals surface area contributed by atoms with Gasteiger partial charge < -0.3 is 15.5 Å². The van der Waals surface area contributed by atoms with Gasteiger partial charge in [0.1, 0.15) is 0 Å². The van der Waals surface area contributed by atoms with E-state index in [4.69, 9.17) is 10.2 Å². The minimum Gasteiger partial charge on any atom is -0.396 e. The fourth-order valence-electron chi connectivity index (χ4n) is 1.34. The fraction of sp³-hybridized carbons (Fsp3) is 1.00. The van der Waals surface area contributed by atoms with Crippen molar-refractivity contribution in [2.45, 2.75) is 45.5 Å². The van der Waals surface area contributed by atoms with E-state index in [0.717, 1.165) is 0 Å². The maximum Gasteiger partial charge on any atom is 0.415 e. The minimum absolute atomic E-state index is 0.100. The van der Waals surface area contributed by atoms with E-state index in [1.165, 1.54) is 0 Å². The van der Waals surface area contributed by atoms with Crippen molar-refractivity contribution in [2.75, 3.05) is 13.2 Å². The van der Waals surface area contributed by atoms with Crippen LogP contribution < -0.4 is 5.32 Å². The Morgan fingerprint density at radius 1 is 1.19 bits per heavy atom. The summed E-state index contributed by atoms with van der Waals surface area (Å²) in [6, 6.07) is -0.269. The maximum atomic E-state index is 12.0. The van der Waals surface area contributed by atoms with Gasteiger partial charge in [-0.15, -0.1) is 0 Å². The van der Waals surface area contributed by atoms with Crippen LogP contribution in [0, 0.1) is 5.41 Å². The molecule has 2 unspecified atom stereocenters. The average Bonchev–Trinajstić information content (AvgIpc) is 2.07. The van der Waals surface area contributed by atoms with Gasteiger partial charge in [0.25, 0.3) is 0 Å². The lowest BCUT2D eigenvalue weighted by molar-refractivity contribution is -0.202. The highest BCUT2D eigenvalue weighted by Gasteiger charge is 2.38. The van der Waals surface area contributed by atoms with Gasteiger partial charge in [-0.1, -0.05) is 20.8 Å². The molecule has 0 aliphatic heterocycles. The summed E-state index contributed by atoms with van der Waals surface area (Å²) in [5.74, 6) is 0. The van der Waals surface area contributed by atoms with Crippen molar-refractivity contribution < 1.29 is 23.4 Å². The number of hydrogen-bond acceptors (Lipinski definition) is 3. The van der Waals surface area contributed by atoms with Gasteiger partial charge in [-0.25, -0.2) is 0 Å². The van der Waals surface area contributed by atoms with Crippen LogP contribution >= 0.6 is 0 Å². The predicted octanol–water partition coefficient (Wildman–Crippen LogP) is 1.30. The lowest BCUT2D eigenvalue weighted by Gasteiger charge is -2.32. The first-order valence-electron chi connectivity index (χ1n) is 5.18. The number of rotatable bonds is 5. The van der Waals surface area contributed by atoms with Crippen LogP contribution in [0.25, 0.3) is 0 Å². The molecule has 0 amide bonds. The van der Waals surface area contributed by atoms with Crippen molar-refractivity contribution in [3.05, 3.63) is 0 Å². The number of hydrogen-bond donors (Lipinski definition) is 3. The monoisotopic (exact) mass is 243 g/mol. The minimum atomic E-state index is -4.60. The Morgan fingerprint density at radius 2 is 1.69 bits per heavy atom. The van der Waals surface area contributed by atoms with E-state index in [0.29, 0.717) is 6.42 Å². The van der Waals surface area contributed by atoms with Gasteiger partial charge >= 0.3 is 6.18 Å². The Morgan fingerprint density at radius 3 is 2.00 bits per heavy atom. The van der Waals surface area contributed by atoms with E-state index in [-0.39, 0.29) is 18.1 Å². The Kier molecular flexibility index (Phi) is 5.72. The molecule has 16 heavy (non-hydrogen) atoms. The first kappa shape index (κ1) is 15.7. The molecule has 0 aliphatic carbocycles. The summed E-state index contributed by atoms with van der Waals surface area (Å²) in [7, 11) is 0. The molecule has 3 nitrogen and oxygen atoms in total. The number of nitrogens with one attached hydrogen (secondary N) is 1. The summed E-state index contributed by atoms with van der Waals surface area (Å²) in [5, 5.41) is 20.3. The van der Waals surface area contributed by atoms with E-state index in [1.807, 2.05) is 20.8 Å². The fourth-order valence-corrected chi connectivity index (χ4v) is 1.34. The first-order chi connectivity index (χ1) is 7.09. The van der Waals surface area contributed by atoms with E-state index in [1.54, 1.807) is 0 Å². The van der Waals surface area contributed by atoms with Gasteiger partial charge in [0.2, 0.25) is 0 Å². The van der Waals surface area contributed by atoms with Gasteiger partial charge in [-0.3, -0.25) is 0 Å². The molecule has 0 rings (SSSR count). The van der Waals surface area contributed by atoms with E-state index >= 15 is 0 Å². The number of aliphatic hydroxyl groups excluding tert-OH is 2. The molecule has 0 bridgehead atoms. The van der Waals surface area contributed by atoms with Crippen LogP contribution in [0.15, 0.2) is 0 Å². The van der Waals surface area contributed by atoms with E-state index in [9.17, 15) is 13.2 Å². The average molecular weight is 243 g/mol. The van der Waals surface area contributed by atoms with Crippen molar-refractivity contribution in [1.29, 1.82) is 0 Å². The van der Waals surface area contributed by atoms with Crippen molar-refractivity contribution in [1.82, 2.24) is 5.32 Å². The molecule has 0 heterocycles. The predicted molar refractivity (Wildman–Crippen MR) is 55.0 cm³/mol. The van der Waals surface area contributed by atoms with Gasteiger partial charge in [0.15, 0.2) is 6.10 Å². The van der Waals surface area contributed by atoms with Crippen LogP contribution in [0.4, 0.5) is 13.2 Å². The molecule has 6 heteroatoms. The molecule has 0 aromatic heterocycles. The molecule has 0 aromatic carbocycles. The number of halogens is 3. The third-order valence-corrected chi connectivity index (χ3v) is 2.40. The molecule has 2 atom stereocenters. The van der Waals surface area contributed by atoms with Gasteiger partial charge in [0.05, 0.1) is 0 Å². The summed E-state index contributed by atoms with van der Waals surface area (Å²) in [6.07, 6.45) is -6.61. The van der Waals surface area contributed by atoms with Gasteiger partial charge in [-0.2, -0.15) is 13.2 Å². The van der Waals surface area contributed by atoms with Crippen molar-refractivity contribution >= 4 is 0 Å². The standard InChI is InChI=1S/C10H20F3NO2/c1-9(2,3)7(4-5-15)14-6-8(16)10(11,12)13/h7-8,14-16H,4-6H2,1-3H3. The molecule has 0 radical (unpaired) electrons. The van der Waals surface area contributed by atoms with Crippen LogP contribution in [-0.4, -0.2) is 41.7 Å². The molecule has 3 N–H and O–H groups in total. The summed E-state index contributed by atoms with van der Waals surface area (Å²) < 4.78 is 36.1. The molecule has 0 aromatic rings. The third kappa shape index (κ3) is 5.67. The van der Waals surface area contributed by atoms with Crippen LogP contribution in [0.2, 0.25) is 0 Å². The number of alkyl halides is 3. The second-order valence-electron chi connectivity index (χ2n) is 4.90. The lowest BCUT2D eigenvalue weighted by atomic mass is 9.85. The highest BCUT2D eigenvalue weighted by Crippen LogP contribution is 2.23. The molecule has 0 fully saturated rings. The summed E-state index contributed by atoms with van der Waals surface area (Å²) in [6.45, 7) is 4.93.